The summed E-state index contributed by atoms with van der Waals surface area (Å²) in [5.41, 5.74) is 7.81. The highest BCUT2D eigenvalue weighted by Gasteiger charge is 2.19. The molecule has 0 saturated carbocycles. The average Bonchev–Trinajstić information content (AvgIpc) is 2.37. The molecule has 19 heavy (non-hydrogen) atoms. The molecule has 96 valence electrons. The molecule has 4 nitrogen and oxygen atoms in total. The summed E-state index contributed by atoms with van der Waals surface area (Å²) in [5.74, 6) is -1.16. The second kappa shape index (κ2) is 5.16. The van der Waals surface area contributed by atoms with Gasteiger partial charge in [-0.15, -0.1) is 0 Å². The first-order valence-corrected chi connectivity index (χ1v) is 6.01. The third kappa shape index (κ3) is 2.46. The number of thiocarbonyl (C=S) groups is 1. The third-order valence-corrected chi connectivity index (χ3v) is 3.27. The molecule has 5 heteroatoms. The standard InChI is InChI=1S/C14H12N2O2S/c1-8-4-2-3-5-9(8)12(19)10-6-7-16-13(15)11(10)14(17)18/h2-7H,1H3,(H2,15,16)(H,17,18). The lowest BCUT2D eigenvalue weighted by Gasteiger charge is -2.11. The van der Waals surface area contributed by atoms with Crippen molar-refractivity contribution in [1.82, 2.24) is 4.98 Å². The van der Waals surface area contributed by atoms with Gasteiger partial charge in [-0.2, -0.15) is 0 Å². The zero-order chi connectivity index (χ0) is 14.0. The third-order valence-electron chi connectivity index (χ3n) is 2.83. The van der Waals surface area contributed by atoms with Crippen LogP contribution in [0.15, 0.2) is 36.5 Å². The molecule has 1 aromatic carbocycles. The molecule has 0 spiro atoms. The molecule has 0 atom stereocenters. The maximum atomic E-state index is 11.3. The summed E-state index contributed by atoms with van der Waals surface area (Å²) in [6.45, 7) is 1.92. The Balaban J connectivity index is 2.60. The zero-order valence-corrected chi connectivity index (χ0v) is 11.1. The van der Waals surface area contributed by atoms with Crippen molar-refractivity contribution in [2.45, 2.75) is 6.92 Å². The van der Waals surface area contributed by atoms with Crippen LogP contribution in [0.2, 0.25) is 0 Å². The summed E-state index contributed by atoms with van der Waals surface area (Å²) in [7, 11) is 0. The Labute approximate surface area is 115 Å². The highest BCUT2D eigenvalue weighted by atomic mass is 32.1. The maximum Gasteiger partial charge on any atom is 0.340 e. The van der Waals surface area contributed by atoms with Crippen molar-refractivity contribution in [2.24, 2.45) is 0 Å². The Kier molecular flexibility index (Phi) is 3.57. The summed E-state index contributed by atoms with van der Waals surface area (Å²) in [6.07, 6.45) is 1.46. The monoisotopic (exact) mass is 272 g/mol. The number of carbonyl (C=O) groups is 1. The molecule has 0 bridgehead atoms. The summed E-state index contributed by atoms with van der Waals surface area (Å²) >= 11 is 5.39. The van der Waals surface area contributed by atoms with Crippen molar-refractivity contribution < 1.29 is 9.90 Å². The topological polar surface area (TPSA) is 76.2 Å². The van der Waals surface area contributed by atoms with Crippen molar-refractivity contribution >= 4 is 28.9 Å². The molecule has 2 rings (SSSR count). The van der Waals surface area contributed by atoms with Crippen LogP contribution in [0.4, 0.5) is 5.82 Å². The number of pyridine rings is 1. The molecule has 0 amide bonds. The minimum absolute atomic E-state index is 0.0269. The van der Waals surface area contributed by atoms with E-state index in [9.17, 15) is 9.90 Å². The normalized spacial score (nSPS) is 10.2. The maximum absolute atomic E-state index is 11.3. The summed E-state index contributed by atoms with van der Waals surface area (Å²) in [4.78, 5) is 15.5. The van der Waals surface area contributed by atoms with Crippen LogP contribution in [0, 0.1) is 6.92 Å². The molecule has 0 radical (unpaired) electrons. The zero-order valence-electron chi connectivity index (χ0n) is 10.3. The van der Waals surface area contributed by atoms with E-state index in [1.165, 1.54) is 6.20 Å². The van der Waals surface area contributed by atoms with Gasteiger partial charge in [-0.25, -0.2) is 9.78 Å². The van der Waals surface area contributed by atoms with Gasteiger partial charge < -0.3 is 10.8 Å². The summed E-state index contributed by atoms with van der Waals surface area (Å²) in [6, 6.07) is 9.13. The number of benzene rings is 1. The fourth-order valence-corrected chi connectivity index (χ4v) is 2.26. The van der Waals surface area contributed by atoms with Gasteiger partial charge in [-0.1, -0.05) is 36.5 Å². The van der Waals surface area contributed by atoms with Crippen LogP contribution in [-0.4, -0.2) is 20.9 Å². The van der Waals surface area contributed by atoms with Gasteiger partial charge in [-0.3, -0.25) is 0 Å². The fraction of sp³-hybridized carbons (Fsp3) is 0.0714. The quantitative estimate of drug-likeness (QED) is 0.663. The van der Waals surface area contributed by atoms with Gasteiger partial charge in [0.1, 0.15) is 11.4 Å². The second-order valence-corrected chi connectivity index (χ2v) is 4.48. The first-order valence-electron chi connectivity index (χ1n) is 5.60. The van der Waals surface area contributed by atoms with Crippen LogP contribution in [0.1, 0.15) is 27.0 Å². The minimum Gasteiger partial charge on any atom is -0.478 e. The lowest BCUT2D eigenvalue weighted by molar-refractivity contribution is 0.0697. The molecule has 1 heterocycles. The smallest absolute Gasteiger partial charge is 0.340 e. The number of hydrogen-bond donors (Lipinski definition) is 2. The van der Waals surface area contributed by atoms with Crippen molar-refractivity contribution in [3.05, 3.63) is 58.8 Å². The summed E-state index contributed by atoms with van der Waals surface area (Å²) in [5, 5.41) is 9.23. The number of nitrogens with two attached hydrogens (primary N) is 1. The van der Waals surface area contributed by atoms with Gasteiger partial charge in [0.05, 0.1) is 4.86 Å². The van der Waals surface area contributed by atoms with E-state index in [0.29, 0.717) is 10.4 Å². The SMILES string of the molecule is Cc1ccccc1C(=S)c1ccnc(N)c1C(=O)O. The molecule has 0 fully saturated rings. The van der Waals surface area contributed by atoms with Gasteiger partial charge in [0.15, 0.2) is 0 Å². The van der Waals surface area contributed by atoms with Crippen molar-refractivity contribution in [2.75, 3.05) is 5.73 Å². The number of nitrogens with zero attached hydrogens (tertiary/aromatic N) is 1. The number of hydrogen-bond acceptors (Lipinski definition) is 4. The Morgan fingerprint density at radius 3 is 2.58 bits per heavy atom. The molecule has 0 aliphatic heterocycles. The number of carboxylic acids is 1. The molecule has 0 unspecified atom stereocenters. The Bertz CT molecular complexity index is 668. The highest BCUT2D eigenvalue weighted by molar-refractivity contribution is 7.81. The predicted octanol–water partition coefficient (Wildman–Crippen LogP) is 2.44. The second-order valence-electron chi connectivity index (χ2n) is 4.07. The minimum atomic E-state index is -1.13. The van der Waals surface area contributed by atoms with E-state index >= 15 is 0 Å². The van der Waals surface area contributed by atoms with Gasteiger partial charge in [0.2, 0.25) is 0 Å². The molecule has 0 saturated heterocycles. The van der Waals surface area contributed by atoms with Crippen molar-refractivity contribution in [3.63, 3.8) is 0 Å². The lowest BCUT2D eigenvalue weighted by atomic mass is 9.97. The van der Waals surface area contributed by atoms with Crippen molar-refractivity contribution in [3.8, 4) is 0 Å². The van der Waals surface area contributed by atoms with Crippen LogP contribution in [-0.2, 0) is 0 Å². The van der Waals surface area contributed by atoms with Gasteiger partial charge in [0.25, 0.3) is 0 Å². The van der Waals surface area contributed by atoms with E-state index in [-0.39, 0.29) is 11.4 Å². The number of aryl methyl sites for hydroxylation is 1. The number of rotatable bonds is 3. The van der Waals surface area contributed by atoms with E-state index in [4.69, 9.17) is 18.0 Å². The van der Waals surface area contributed by atoms with Gasteiger partial charge in [-0.05, 0) is 24.1 Å². The highest BCUT2D eigenvalue weighted by Crippen LogP contribution is 2.21. The van der Waals surface area contributed by atoms with E-state index < -0.39 is 5.97 Å². The number of anilines is 1. The van der Waals surface area contributed by atoms with E-state index in [0.717, 1.165) is 11.1 Å². The molecule has 2 aromatic rings. The Morgan fingerprint density at radius 2 is 1.95 bits per heavy atom. The largest absolute Gasteiger partial charge is 0.478 e. The average molecular weight is 272 g/mol. The van der Waals surface area contributed by atoms with Crippen LogP contribution < -0.4 is 5.73 Å². The molecule has 0 aliphatic rings. The number of aromatic nitrogens is 1. The Hall–Kier alpha value is -2.27. The van der Waals surface area contributed by atoms with Crippen LogP contribution in [0.3, 0.4) is 0 Å². The van der Waals surface area contributed by atoms with E-state index in [1.807, 2.05) is 31.2 Å². The number of nitrogen functional groups attached to an aromatic ring is 1. The number of carboxylic acid groups (broad SMARTS) is 1. The Morgan fingerprint density at radius 1 is 1.26 bits per heavy atom. The molecular formula is C14H12N2O2S. The first-order chi connectivity index (χ1) is 9.02. The van der Waals surface area contributed by atoms with Gasteiger partial charge >= 0.3 is 5.97 Å². The molecule has 3 N–H and O–H groups in total. The first kappa shape index (κ1) is 13.2. The predicted molar refractivity (Wildman–Crippen MR) is 77.6 cm³/mol. The van der Waals surface area contributed by atoms with E-state index in [1.54, 1.807) is 6.07 Å². The van der Waals surface area contributed by atoms with Gasteiger partial charge in [0, 0.05) is 11.8 Å². The van der Waals surface area contributed by atoms with Crippen LogP contribution in [0.5, 0.6) is 0 Å². The fourth-order valence-electron chi connectivity index (χ4n) is 1.86. The molecule has 1 aromatic heterocycles. The molecular weight excluding hydrogens is 260 g/mol. The molecule has 0 aliphatic carbocycles. The lowest BCUT2D eigenvalue weighted by Crippen LogP contribution is -2.13. The van der Waals surface area contributed by atoms with Crippen LogP contribution >= 0.6 is 12.2 Å². The van der Waals surface area contributed by atoms with Crippen LogP contribution in [0.25, 0.3) is 0 Å². The summed E-state index contributed by atoms with van der Waals surface area (Å²) < 4.78 is 0. The van der Waals surface area contributed by atoms with Crippen molar-refractivity contribution in [1.29, 1.82) is 0 Å². The number of aromatic carboxylic acids is 1. The van der Waals surface area contributed by atoms with E-state index in [2.05, 4.69) is 4.98 Å².